The highest BCUT2D eigenvalue weighted by Gasteiger charge is 2.01. The van der Waals surface area contributed by atoms with Gasteiger partial charge in [0.05, 0.1) is 11.9 Å². The van der Waals surface area contributed by atoms with E-state index >= 15 is 0 Å². The van der Waals surface area contributed by atoms with Gasteiger partial charge >= 0.3 is 0 Å². The van der Waals surface area contributed by atoms with Crippen LogP contribution in [-0.4, -0.2) is 14.4 Å². The number of fused-ring (bicyclic) bond motifs is 1. The molecule has 2 rings (SSSR count). The minimum absolute atomic E-state index is 0. The van der Waals surface area contributed by atoms with E-state index in [9.17, 15) is 0 Å². The minimum atomic E-state index is 0. The van der Waals surface area contributed by atoms with E-state index in [2.05, 4.69) is 16.9 Å². The van der Waals surface area contributed by atoms with Gasteiger partial charge in [-0.2, -0.15) is 0 Å². The first kappa shape index (κ1) is 27.0. The van der Waals surface area contributed by atoms with E-state index in [1.54, 1.807) is 12.4 Å². The van der Waals surface area contributed by atoms with Gasteiger partial charge in [0, 0.05) is 18.1 Å². The van der Waals surface area contributed by atoms with E-state index in [0.717, 1.165) is 11.3 Å². The second-order valence-corrected chi connectivity index (χ2v) is 2.59. The Bertz CT molecular complexity index is 392. The van der Waals surface area contributed by atoms with Gasteiger partial charge in [-0.25, -0.2) is 4.98 Å². The maximum Gasteiger partial charge on any atom is 0.155 e. The molecule has 20 heavy (non-hydrogen) atoms. The Morgan fingerprint density at radius 2 is 1.30 bits per heavy atom. The van der Waals surface area contributed by atoms with Crippen molar-refractivity contribution in [2.24, 2.45) is 0 Å². The van der Waals surface area contributed by atoms with E-state index in [-0.39, 0.29) is 7.43 Å². The first-order valence-corrected chi connectivity index (χ1v) is 7.54. The zero-order valence-corrected chi connectivity index (χ0v) is 14.6. The molecule has 3 nitrogen and oxygen atoms in total. The van der Waals surface area contributed by atoms with Gasteiger partial charge in [-0.15, -0.1) is 0 Å². The Kier molecular flexibility index (Phi) is 27.0. The molecule has 0 saturated heterocycles. The van der Waals surface area contributed by atoms with Gasteiger partial charge in [-0.05, 0) is 13.8 Å². The summed E-state index contributed by atoms with van der Waals surface area (Å²) in [7, 11) is 0. The van der Waals surface area contributed by atoms with E-state index in [4.69, 9.17) is 0 Å². The average molecular weight is 284 g/mol. The van der Waals surface area contributed by atoms with Gasteiger partial charge in [-0.3, -0.25) is 4.98 Å². The van der Waals surface area contributed by atoms with Gasteiger partial charge in [-0.1, -0.05) is 62.8 Å². The highest BCUT2D eigenvalue weighted by molar-refractivity contribution is 5.39. The summed E-state index contributed by atoms with van der Waals surface area (Å²) in [5, 5.41) is 0. The van der Waals surface area contributed by atoms with Crippen LogP contribution in [0.25, 0.3) is 5.65 Å². The zero-order chi connectivity index (χ0) is 15.8. The third-order valence-electron chi connectivity index (χ3n) is 1.91. The Balaban J connectivity index is -0.000000124. The topological polar surface area (TPSA) is 30.2 Å². The lowest BCUT2D eigenvalue weighted by Crippen LogP contribution is -1.86. The van der Waals surface area contributed by atoms with Crippen LogP contribution in [0.2, 0.25) is 0 Å². The van der Waals surface area contributed by atoms with Crippen LogP contribution < -0.4 is 0 Å². The zero-order valence-electron chi connectivity index (χ0n) is 14.6. The van der Waals surface area contributed by atoms with Gasteiger partial charge in [0.2, 0.25) is 0 Å². The van der Waals surface area contributed by atoms with Crippen LogP contribution in [0.3, 0.4) is 0 Å². The molecule has 2 heterocycles. The third kappa shape index (κ3) is 8.68. The molecule has 0 aliphatic carbocycles. The molecule has 120 valence electrons. The van der Waals surface area contributed by atoms with Crippen LogP contribution in [0.5, 0.6) is 0 Å². The molecule has 0 aliphatic rings. The number of hydrogen-bond acceptors (Lipinski definition) is 2. The SMILES string of the molecule is C.CC.CC.CC.CC.Cc1nc2cnccn2c1C. The van der Waals surface area contributed by atoms with Crippen molar-refractivity contribution in [3.63, 3.8) is 0 Å². The Morgan fingerprint density at radius 1 is 0.850 bits per heavy atom. The average Bonchev–Trinajstić information content (AvgIpc) is 2.83. The maximum atomic E-state index is 4.31. The lowest BCUT2D eigenvalue weighted by Gasteiger charge is -1.92. The summed E-state index contributed by atoms with van der Waals surface area (Å²) in [4.78, 5) is 8.30. The fourth-order valence-electron chi connectivity index (χ4n) is 1.15. The lowest BCUT2D eigenvalue weighted by atomic mass is 10.4. The second kappa shape index (κ2) is 19.9. The Labute approximate surface area is 127 Å². The van der Waals surface area contributed by atoms with Crippen molar-refractivity contribution in [3.8, 4) is 0 Å². The molecule has 0 spiro atoms. The summed E-state index contributed by atoms with van der Waals surface area (Å²) >= 11 is 0. The highest BCUT2D eigenvalue weighted by Crippen LogP contribution is 2.07. The minimum Gasteiger partial charge on any atom is -0.301 e. The van der Waals surface area contributed by atoms with Gasteiger partial charge < -0.3 is 4.40 Å². The first-order chi connectivity index (χ1) is 9.29. The number of hydrogen-bond donors (Lipinski definition) is 0. The molecule has 0 aromatic carbocycles. The Morgan fingerprint density at radius 3 is 1.70 bits per heavy atom. The number of nitrogens with zero attached hydrogens (tertiary/aromatic N) is 3. The van der Waals surface area contributed by atoms with Crippen LogP contribution in [0, 0.1) is 13.8 Å². The molecule has 0 bridgehead atoms. The van der Waals surface area contributed by atoms with Crippen molar-refractivity contribution in [3.05, 3.63) is 30.0 Å². The summed E-state index contributed by atoms with van der Waals surface area (Å²) < 4.78 is 2.03. The lowest BCUT2D eigenvalue weighted by molar-refractivity contribution is 1.07. The molecular formula is C17H37N3. The third-order valence-corrected chi connectivity index (χ3v) is 1.91. The molecule has 0 fully saturated rings. The van der Waals surface area contributed by atoms with Crippen molar-refractivity contribution in [2.45, 2.75) is 76.7 Å². The summed E-state index contributed by atoms with van der Waals surface area (Å²) in [5.74, 6) is 0. The Hall–Kier alpha value is -1.38. The molecular weight excluding hydrogens is 246 g/mol. The predicted molar refractivity (Wildman–Crippen MR) is 94.6 cm³/mol. The summed E-state index contributed by atoms with van der Waals surface area (Å²) in [6, 6.07) is 0. The fraction of sp³-hybridized carbons (Fsp3) is 0.647. The number of rotatable bonds is 0. The molecule has 0 radical (unpaired) electrons. The smallest absolute Gasteiger partial charge is 0.155 e. The molecule has 0 unspecified atom stereocenters. The van der Waals surface area contributed by atoms with Gasteiger partial charge in [0.15, 0.2) is 5.65 Å². The van der Waals surface area contributed by atoms with Crippen LogP contribution in [-0.2, 0) is 0 Å². The standard InChI is InChI=1S/C8H9N3.4C2H6.CH4/c1-6-7(2)11-4-3-9-5-8(11)10-6;4*1-2;/h3-5H,1-2H3;4*1-2H3;1H4. The van der Waals surface area contributed by atoms with E-state index < -0.39 is 0 Å². The van der Waals surface area contributed by atoms with Crippen LogP contribution >= 0.6 is 0 Å². The van der Waals surface area contributed by atoms with Crippen LogP contribution in [0.1, 0.15) is 74.2 Å². The van der Waals surface area contributed by atoms with E-state index in [1.807, 2.05) is 72.9 Å². The number of aromatic nitrogens is 3. The van der Waals surface area contributed by atoms with E-state index in [0.29, 0.717) is 0 Å². The molecule has 0 amide bonds. The van der Waals surface area contributed by atoms with Crippen molar-refractivity contribution < 1.29 is 0 Å². The highest BCUT2D eigenvalue weighted by atomic mass is 15.0. The van der Waals surface area contributed by atoms with Crippen LogP contribution in [0.15, 0.2) is 18.6 Å². The first-order valence-electron chi connectivity index (χ1n) is 7.54. The molecule has 0 saturated carbocycles. The van der Waals surface area contributed by atoms with Gasteiger partial charge in [0.1, 0.15) is 0 Å². The van der Waals surface area contributed by atoms with Crippen molar-refractivity contribution >= 4 is 5.65 Å². The summed E-state index contributed by atoms with van der Waals surface area (Å²) in [5.41, 5.74) is 3.17. The predicted octanol–water partition coefficient (Wildman–Crippen LogP) is 6.09. The molecule has 0 aliphatic heterocycles. The summed E-state index contributed by atoms with van der Waals surface area (Å²) in [6.45, 7) is 20.1. The van der Waals surface area contributed by atoms with Crippen molar-refractivity contribution in [2.75, 3.05) is 0 Å². The molecule has 0 N–H and O–H groups in total. The molecule has 0 atom stereocenters. The summed E-state index contributed by atoms with van der Waals surface area (Å²) in [6.07, 6.45) is 5.45. The van der Waals surface area contributed by atoms with Crippen molar-refractivity contribution in [1.82, 2.24) is 14.4 Å². The van der Waals surface area contributed by atoms with Gasteiger partial charge in [0.25, 0.3) is 0 Å². The number of aryl methyl sites for hydroxylation is 2. The van der Waals surface area contributed by atoms with Crippen molar-refractivity contribution in [1.29, 1.82) is 0 Å². The normalized spacial score (nSPS) is 7.10. The molecule has 2 aromatic heterocycles. The molecule has 2 aromatic rings. The largest absolute Gasteiger partial charge is 0.301 e. The second-order valence-electron chi connectivity index (χ2n) is 2.59. The quantitative estimate of drug-likeness (QED) is 0.586. The molecule has 3 heteroatoms. The number of imidazole rings is 1. The van der Waals surface area contributed by atoms with E-state index in [1.165, 1.54) is 5.69 Å². The van der Waals surface area contributed by atoms with Crippen LogP contribution in [0.4, 0.5) is 0 Å². The maximum absolute atomic E-state index is 4.31. The monoisotopic (exact) mass is 283 g/mol. The fourth-order valence-corrected chi connectivity index (χ4v) is 1.15.